The molecular formula is C24H34N4O3. The third kappa shape index (κ3) is 6.69. The van der Waals surface area contributed by atoms with Gasteiger partial charge in [0, 0.05) is 26.2 Å². The van der Waals surface area contributed by atoms with Crippen LogP contribution in [0.15, 0.2) is 53.5 Å². The lowest BCUT2D eigenvalue weighted by molar-refractivity contribution is 0.0170. The quantitative estimate of drug-likeness (QED) is 0.422. The molecule has 2 aromatic carbocycles. The van der Waals surface area contributed by atoms with Gasteiger partial charge in [-0.2, -0.15) is 0 Å². The first-order valence-electron chi connectivity index (χ1n) is 10.9. The van der Waals surface area contributed by atoms with Crippen molar-refractivity contribution in [3.05, 3.63) is 65.2 Å². The zero-order valence-electron chi connectivity index (χ0n) is 18.5. The van der Waals surface area contributed by atoms with E-state index >= 15 is 0 Å². The molecule has 2 aromatic rings. The molecule has 1 atom stereocenters. The Bertz CT molecular complexity index is 820. The molecule has 1 unspecified atom stereocenters. The van der Waals surface area contributed by atoms with Gasteiger partial charge in [-0.3, -0.25) is 4.90 Å². The Morgan fingerprint density at radius 1 is 1.10 bits per heavy atom. The summed E-state index contributed by atoms with van der Waals surface area (Å²) >= 11 is 0. The Balaban J connectivity index is 1.73. The number of ether oxygens (including phenoxy) is 2. The van der Waals surface area contributed by atoms with Gasteiger partial charge in [-0.25, -0.2) is 4.99 Å². The van der Waals surface area contributed by atoms with Crippen LogP contribution < -0.4 is 15.4 Å². The molecule has 0 bridgehead atoms. The molecule has 0 amide bonds. The van der Waals surface area contributed by atoms with Crippen molar-refractivity contribution in [2.75, 3.05) is 46.5 Å². The Kier molecular flexibility index (Phi) is 9.15. The number of aliphatic imine (C=N–C) groups is 1. The third-order valence-corrected chi connectivity index (χ3v) is 5.49. The highest BCUT2D eigenvalue weighted by Gasteiger charge is 2.23. The molecule has 7 heteroatoms. The molecule has 1 heterocycles. The second kappa shape index (κ2) is 12.3. The monoisotopic (exact) mass is 426 g/mol. The third-order valence-electron chi connectivity index (χ3n) is 5.49. The van der Waals surface area contributed by atoms with Crippen LogP contribution in [0, 0.1) is 0 Å². The number of nitrogens with one attached hydrogen (secondary N) is 2. The smallest absolute Gasteiger partial charge is 0.191 e. The topological polar surface area (TPSA) is 78.4 Å². The number of nitrogens with zero attached hydrogens (tertiary/aromatic N) is 2. The van der Waals surface area contributed by atoms with Crippen LogP contribution >= 0.6 is 0 Å². The lowest BCUT2D eigenvalue weighted by Crippen LogP contribution is -2.46. The normalized spacial score (nSPS) is 16.0. The van der Waals surface area contributed by atoms with Gasteiger partial charge in [-0.05, 0) is 35.7 Å². The van der Waals surface area contributed by atoms with Crippen LogP contribution in [0.2, 0.25) is 0 Å². The largest absolute Gasteiger partial charge is 0.497 e. The van der Waals surface area contributed by atoms with Crippen molar-refractivity contribution in [3.63, 3.8) is 0 Å². The predicted octanol–water partition coefficient (Wildman–Crippen LogP) is 2.32. The Morgan fingerprint density at radius 2 is 1.81 bits per heavy atom. The van der Waals surface area contributed by atoms with Crippen LogP contribution in [0.5, 0.6) is 5.75 Å². The number of hydrogen-bond donors (Lipinski definition) is 3. The van der Waals surface area contributed by atoms with Gasteiger partial charge in [0.05, 0.1) is 39.5 Å². The summed E-state index contributed by atoms with van der Waals surface area (Å²) in [5.74, 6) is 1.62. The summed E-state index contributed by atoms with van der Waals surface area (Å²) < 4.78 is 10.9. The summed E-state index contributed by atoms with van der Waals surface area (Å²) in [5.41, 5.74) is 3.17. The lowest BCUT2D eigenvalue weighted by atomic mass is 10.0. The molecule has 1 saturated heterocycles. The summed E-state index contributed by atoms with van der Waals surface area (Å²) in [6.45, 7) is 7.38. The van der Waals surface area contributed by atoms with Crippen LogP contribution in [0.25, 0.3) is 0 Å². The molecule has 3 N–H and O–H groups in total. The van der Waals surface area contributed by atoms with Crippen molar-refractivity contribution in [1.29, 1.82) is 0 Å². The number of aliphatic hydroxyl groups excluding tert-OH is 1. The number of morpholine rings is 1. The fraction of sp³-hybridized carbons (Fsp3) is 0.458. The molecule has 1 fully saturated rings. The minimum atomic E-state index is 0.0201. The Labute approximate surface area is 185 Å². The summed E-state index contributed by atoms with van der Waals surface area (Å²) in [7, 11) is 1.68. The molecule has 168 valence electrons. The Morgan fingerprint density at radius 3 is 2.45 bits per heavy atom. The van der Waals surface area contributed by atoms with Crippen LogP contribution in [0.1, 0.15) is 29.7 Å². The number of benzene rings is 2. The van der Waals surface area contributed by atoms with Gasteiger partial charge in [0.1, 0.15) is 5.75 Å². The second-order valence-corrected chi connectivity index (χ2v) is 7.44. The minimum absolute atomic E-state index is 0.0201. The fourth-order valence-corrected chi connectivity index (χ4v) is 3.74. The summed E-state index contributed by atoms with van der Waals surface area (Å²) in [4.78, 5) is 7.20. The van der Waals surface area contributed by atoms with E-state index in [1.807, 2.05) is 36.4 Å². The molecule has 1 aliphatic heterocycles. The molecule has 0 saturated carbocycles. The van der Waals surface area contributed by atoms with Crippen LogP contribution in [0.4, 0.5) is 0 Å². The average Bonchev–Trinajstić information content (AvgIpc) is 2.83. The number of aliphatic hydroxyl groups is 1. The highest BCUT2D eigenvalue weighted by molar-refractivity contribution is 5.79. The van der Waals surface area contributed by atoms with E-state index < -0.39 is 0 Å². The molecule has 3 rings (SSSR count). The van der Waals surface area contributed by atoms with E-state index in [0.29, 0.717) is 6.54 Å². The maximum Gasteiger partial charge on any atom is 0.191 e. The van der Waals surface area contributed by atoms with Gasteiger partial charge >= 0.3 is 0 Å². The number of guanidine groups is 1. The van der Waals surface area contributed by atoms with Crippen LogP contribution in [-0.2, 0) is 17.9 Å². The summed E-state index contributed by atoms with van der Waals surface area (Å²) in [5, 5.41) is 16.4. The molecule has 1 aliphatic rings. The van der Waals surface area contributed by atoms with E-state index in [4.69, 9.17) is 14.5 Å². The first kappa shape index (κ1) is 23.1. The highest BCUT2D eigenvalue weighted by Crippen LogP contribution is 2.23. The summed E-state index contributed by atoms with van der Waals surface area (Å²) in [6, 6.07) is 16.3. The van der Waals surface area contributed by atoms with Gasteiger partial charge in [-0.15, -0.1) is 0 Å². The van der Waals surface area contributed by atoms with Crippen molar-refractivity contribution in [3.8, 4) is 5.75 Å². The number of hydrogen-bond acceptors (Lipinski definition) is 5. The van der Waals surface area contributed by atoms with E-state index in [0.717, 1.165) is 62.2 Å². The molecule has 0 aromatic heterocycles. The first-order valence-corrected chi connectivity index (χ1v) is 10.9. The van der Waals surface area contributed by atoms with Gasteiger partial charge in [0.15, 0.2) is 5.96 Å². The van der Waals surface area contributed by atoms with E-state index in [2.05, 4.69) is 34.6 Å². The van der Waals surface area contributed by atoms with Crippen molar-refractivity contribution >= 4 is 5.96 Å². The maximum absolute atomic E-state index is 9.57. The van der Waals surface area contributed by atoms with Gasteiger partial charge < -0.3 is 25.2 Å². The summed E-state index contributed by atoms with van der Waals surface area (Å²) in [6.07, 6.45) is 0. The van der Waals surface area contributed by atoms with Crippen molar-refractivity contribution < 1.29 is 14.6 Å². The minimum Gasteiger partial charge on any atom is -0.497 e. The molecule has 31 heavy (non-hydrogen) atoms. The maximum atomic E-state index is 9.57. The number of methoxy groups -OCH3 is 1. The molecule has 7 nitrogen and oxygen atoms in total. The predicted molar refractivity (Wildman–Crippen MR) is 123 cm³/mol. The van der Waals surface area contributed by atoms with Crippen molar-refractivity contribution in [2.24, 2.45) is 4.99 Å². The molecule has 0 radical (unpaired) electrons. The zero-order chi connectivity index (χ0) is 21.9. The van der Waals surface area contributed by atoms with E-state index in [1.54, 1.807) is 7.11 Å². The molecule has 0 aliphatic carbocycles. The standard InChI is InChI=1S/C24H34N4O3/c1-3-25-24(26-16-20-6-4-5-7-21(20)18-29)27-17-23(28-12-14-31-15-13-28)19-8-10-22(30-2)11-9-19/h4-11,23,29H,3,12-18H2,1-2H3,(H2,25,26,27). The van der Waals surface area contributed by atoms with Crippen molar-refractivity contribution in [1.82, 2.24) is 15.5 Å². The van der Waals surface area contributed by atoms with Gasteiger partial charge in [-0.1, -0.05) is 36.4 Å². The fourth-order valence-electron chi connectivity index (χ4n) is 3.74. The number of rotatable bonds is 9. The SMILES string of the molecule is CCNC(=NCc1ccccc1CO)NCC(c1ccc(OC)cc1)N1CCOCC1. The van der Waals surface area contributed by atoms with E-state index in [1.165, 1.54) is 5.56 Å². The first-order chi connectivity index (χ1) is 15.2. The van der Waals surface area contributed by atoms with Crippen molar-refractivity contribution in [2.45, 2.75) is 26.1 Å². The van der Waals surface area contributed by atoms with Crippen LogP contribution in [-0.4, -0.2) is 62.5 Å². The van der Waals surface area contributed by atoms with E-state index in [9.17, 15) is 5.11 Å². The lowest BCUT2D eigenvalue weighted by Gasteiger charge is -2.35. The molecular weight excluding hydrogens is 392 g/mol. The zero-order valence-corrected chi connectivity index (χ0v) is 18.5. The van der Waals surface area contributed by atoms with Gasteiger partial charge in [0.25, 0.3) is 0 Å². The van der Waals surface area contributed by atoms with Gasteiger partial charge in [0.2, 0.25) is 0 Å². The van der Waals surface area contributed by atoms with E-state index in [-0.39, 0.29) is 12.6 Å². The van der Waals surface area contributed by atoms with Crippen LogP contribution in [0.3, 0.4) is 0 Å². The highest BCUT2D eigenvalue weighted by atomic mass is 16.5. The molecule has 0 spiro atoms. The Hall–Kier alpha value is -2.61. The second-order valence-electron chi connectivity index (χ2n) is 7.44. The average molecular weight is 427 g/mol.